The molecule has 0 radical (unpaired) electrons. The molecule has 0 bridgehead atoms. The van der Waals surface area contributed by atoms with Crippen LogP contribution in [0.2, 0.25) is 0 Å². The van der Waals surface area contributed by atoms with E-state index in [0.29, 0.717) is 5.56 Å². The highest BCUT2D eigenvalue weighted by Gasteiger charge is 2.20. The van der Waals surface area contributed by atoms with Crippen LogP contribution in [0.15, 0.2) is 32.5 Å². The number of hydrogen-bond donors (Lipinski definition) is 1. The zero-order valence-electron chi connectivity index (χ0n) is 8.38. The molecule has 2 rings (SSSR count). The Morgan fingerprint density at radius 2 is 1.88 bits per heavy atom. The molecule has 0 amide bonds. The summed E-state index contributed by atoms with van der Waals surface area (Å²) >= 11 is 7.87. The molecule has 2 N–H and O–H groups in total. The van der Waals surface area contributed by atoms with Crippen molar-refractivity contribution in [3.8, 4) is 0 Å². The van der Waals surface area contributed by atoms with Crippen LogP contribution >= 0.6 is 43.2 Å². The molecule has 1 unspecified atom stereocenters. The summed E-state index contributed by atoms with van der Waals surface area (Å²) in [6.45, 7) is 0. The number of thiophene rings is 1. The molecule has 2 aromatic rings. The van der Waals surface area contributed by atoms with E-state index in [-0.39, 0.29) is 4.47 Å². The van der Waals surface area contributed by atoms with E-state index in [0.717, 1.165) is 15.4 Å². The second-order valence-electron chi connectivity index (χ2n) is 3.38. The Balaban J connectivity index is 2.48. The topological polar surface area (TPSA) is 26.0 Å². The van der Waals surface area contributed by atoms with Crippen molar-refractivity contribution in [3.63, 3.8) is 0 Å². The highest BCUT2D eigenvalue weighted by molar-refractivity contribution is 9.10. The summed E-state index contributed by atoms with van der Waals surface area (Å²) in [5.74, 6) is -1.80. The van der Waals surface area contributed by atoms with Crippen molar-refractivity contribution in [2.45, 2.75) is 6.04 Å². The summed E-state index contributed by atoms with van der Waals surface area (Å²) in [5.41, 5.74) is 6.56. The van der Waals surface area contributed by atoms with Gasteiger partial charge in [-0.1, -0.05) is 6.07 Å². The highest BCUT2D eigenvalue weighted by atomic mass is 79.9. The fourth-order valence-electron chi connectivity index (χ4n) is 1.45. The zero-order chi connectivity index (χ0) is 12.6. The lowest BCUT2D eigenvalue weighted by Gasteiger charge is -2.13. The molecular weight excluding hydrogens is 376 g/mol. The minimum Gasteiger partial charge on any atom is -0.320 e. The smallest absolute Gasteiger partial charge is 0.173 e. The quantitative estimate of drug-likeness (QED) is 0.754. The average Bonchev–Trinajstić information content (AvgIpc) is 2.72. The van der Waals surface area contributed by atoms with Crippen molar-refractivity contribution in [2.75, 3.05) is 0 Å². The predicted molar refractivity (Wildman–Crippen MR) is 72.1 cm³/mol. The molecule has 0 spiro atoms. The largest absolute Gasteiger partial charge is 0.320 e. The van der Waals surface area contributed by atoms with E-state index < -0.39 is 17.7 Å². The van der Waals surface area contributed by atoms with Gasteiger partial charge < -0.3 is 5.73 Å². The molecule has 0 saturated heterocycles. The fraction of sp³-hybridized carbons (Fsp3) is 0.0909. The van der Waals surface area contributed by atoms with Crippen molar-refractivity contribution in [1.29, 1.82) is 0 Å². The van der Waals surface area contributed by atoms with Crippen LogP contribution in [0.1, 0.15) is 16.5 Å². The van der Waals surface area contributed by atoms with Crippen LogP contribution in [0.5, 0.6) is 0 Å². The van der Waals surface area contributed by atoms with Gasteiger partial charge in [0.2, 0.25) is 0 Å². The van der Waals surface area contributed by atoms with Crippen molar-refractivity contribution < 1.29 is 8.78 Å². The molecule has 1 aromatic carbocycles. The van der Waals surface area contributed by atoms with Gasteiger partial charge in [0.1, 0.15) is 0 Å². The Morgan fingerprint density at radius 1 is 1.18 bits per heavy atom. The van der Waals surface area contributed by atoms with Gasteiger partial charge in [-0.25, -0.2) is 8.78 Å². The number of benzene rings is 1. The summed E-state index contributed by atoms with van der Waals surface area (Å²) in [6.07, 6.45) is 0. The van der Waals surface area contributed by atoms with Crippen molar-refractivity contribution in [1.82, 2.24) is 0 Å². The lowest BCUT2D eigenvalue weighted by atomic mass is 10.1. The van der Waals surface area contributed by atoms with Crippen molar-refractivity contribution >= 4 is 43.2 Å². The maximum Gasteiger partial charge on any atom is 0.173 e. The lowest BCUT2D eigenvalue weighted by Crippen LogP contribution is -2.12. The Hall–Kier alpha value is -0.300. The summed E-state index contributed by atoms with van der Waals surface area (Å²) in [6, 6.07) is 3.94. The van der Waals surface area contributed by atoms with E-state index in [1.165, 1.54) is 17.4 Å². The van der Waals surface area contributed by atoms with Crippen molar-refractivity contribution in [2.24, 2.45) is 5.73 Å². The molecule has 90 valence electrons. The first-order chi connectivity index (χ1) is 8.02. The molecule has 1 atom stereocenters. The Morgan fingerprint density at radius 3 is 2.47 bits per heavy atom. The molecule has 0 fully saturated rings. The molecule has 0 saturated carbocycles. The molecule has 1 nitrogen and oxygen atoms in total. The van der Waals surface area contributed by atoms with Crippen LogP contribution in [0.25, 0.3) is 0 Å². The highest BCUT2D eigenvalue weighted by Crippen LogP contribution is 2.35. The minimum atomic E-state index is -0.911. The minimum absolute atomic E-state index is 0.0744. The summed E-state index contributed by atoms with van der Waals surface area (Å²) in [4.78, 5) is 0.872. The zero-order valence-corrected chi connectivity index (χ0v) is 12.4. The van der Waals surface area contributed by atoms with Gasteiger partial charge in [0.25, 0.3) is 0 Å². The van der Waals surface area contributed by atoms with Gasteiger partial charge in [-0.3, -0.25) is 0 Å². The molecule has 1 heterocycles. The number of halogens is 4. The van der Waals surface area contributed by atoms with Gasteiger partial charge in [-0.15, -0.1) is 11.3 Å². The maximum absolute atomic E-state index is 13.4. The maximum atomic E-state index is 13.4. The molecular formula is C11H7Br2F2NS. The summed E-state index contributed by atoms with van der Waals surface area (Å²) in [5, 5.41) is 1.88. The van der Waals surface area contributed by atoms with Gasteiger partial charge in [-0.2, -0.15) is 0 Å². The average molecular weight is 383 g/mol. The van der Waals surface area contributed by atoms with Crippen LogP contribution in [0.4, 0.5) is 8.78 Å². The summed E-state index contributed by atoms with van der Waals surface area (Å²) in [7, 11) is 0. The molecule has 1 aromatic heterocycles. The predicted octanol–water partition coefficient (Wildman–Crippen LogP) is 4.60. The van der Waals surface area contributed by atoms with Gasteiger partial charge in [0, 0.05) is 9.35 Å². The summed E-state index contributed by atoms with van der Waals surface area (Å²) < 4.78 is 27.3. The Bertz CT molecular complexity index is 556. The molecule has 0 aliphatic carbocycles. The van der Waals surface area contributed by atoms with Gasteiger partial charge in [0.15, 0.2) is 11.6 Å². The Kier molecular flexibility index (Phi) is 3.97. The monoisotopic (exact) mass is 381 g/mol. The van der Waals surface area contributed by atoms with Gasteiger partial charge in [-0.05, 0) is 54.9 Å². The van der Waals surface area contributed by atoms with E-state index in [2.05, 4.69) is 31.9 Å². The normalized spacial score (nSPS) is 12.8. The molecule has 0 aliphatic heterocycles. The van der Waals surface area contributed by atoms with Gasteiger partial charge >= 0.3 is 0 Å². The van der Waals surface area contributed by atoms with E-state index in [9.17, 15) is 8.78 Å². The van der Waals surface area contributed by atoms with Crippen LogP contribution in [-0.2, 0) is 0 Å². The third kappa shape index (κ3) is 2.45. The first-order valence-corrected chi connectivity index (χ1v) is 7.10. The van der Waals surface area contributed by atoms with Crippen LogP contribution < -0.4 is 5.73 Å². The first-order valence-electron chi connectivity index (χ1n) is 4.64. The number of rotatable bonds is 2. The Labute approximate surface area is 118 Å². The molecule has 17 heavy (non-hydrogen) atoms. The first kappa shape index (κ1) is 13.1. The van der Waals surface area contributed by atoms with E-state index >= 15 is 0 Å². The number of hydrogen-bond acceptors (Lipinski definition) is 2. The lowest BCUT2D eigenvalue weighted by molar-refractivity contribution is 0.501. The molecule has 6 heteroatoms. The van der Waals surface area contributed by atoms with Crippen LogP contribution in [0, 0.1) is 11.6 Å². The molecule has 0 aliphatic rings. The third-order valence-electron chi connectivity index (χ3n) is 2.33. The number of nitrogens with two attached hydrogens (primary N) is 1. The standard InChI is InChI=1S/C11H7Br2F2NS/c12-6-3-4-17-11(6)10(16)5-1-2-7(14)9(15)8(5)13/h1-4,10H,16H2. The third-order valence-corrected chi connectivity index (χ3v) is 5.09. The van der Waals surface area contributed by atoms with Crippen molar-refractivity contribution in [3.05, 3.63) is 54.6 Å². The fourth-order valence-corrected chi connectivity index (χ4v) is 3.66. The SMILES string of the molecule is NC(c1ccc(F)c(F)c1Br)c1sccc1Br. The van der Waals surface area contributed by atoms with E-state index in [4.69, 9.17) is 5.73 Å². The van der Waals surface area contributed by atoms with Crippen LogP contribution in [-0.4, -0.2) is 0 Å². The second-order valence-corrected chi connectivity index (χ2v) is 5.97. The van der Waals surface area contributed by atoms with Crippen LogP contribution in [0.3, 0.4) is 0 Å². The second kappa shape index (κ2) is 5.14. The van der Waals surface area contributed by atoms with Gasteiger partial charge in [0.05, 0.1) is 10.5 Å². The van der Waals surface area contributed by atoms with E-state index in [1.54, 1.807) is 0 Å². The van der Waals surface area contributed by atoms with E-state index in [1.807, 2.05) is 11.4 Å².